The molecular weight excluding hydrogens is 1350 g/mol. The monoisotopic (exact) mass is 1460 g/mol. The Balaban J connectivity index is 1.72. The van der Waals surface area contributed by atoms with Crippen molar-refractivity contribution in [3.8, 4) is 5.75 Å². The first-order valence-corrected chi connectivity index (χ1v) is 34.0. The van der Waals surface area contributed by atoms with Crippen molar-refractivity contribution in [3.05, 3.63) is 101 Å². The molecule has 0 radical (unpaired) electrons. The summed E-state index contributed by atoms with van der Waals surface area (Å²) in [6.45, 7) is 3.66. The van der Waals surface area contributed by atoms with E-state index in [1.54, 1.807) is 74.5 Å². The standard InChI is InChI=1S/C67H104N22O15/c1-37-29-43(91)30-38(2)44(37)32-45(70)59(98)79-33-52(92)78-34-54(94)83-50(31-41-17-7-5-8-18-41)63(102)89-55(42-19-9-6-10-20-42)65(104)80-35-53(93)81-39(3)57(96)85-49(24-16-28-77-67(74)75)61(100)87-47(22-12-14-26-69)62(101)88-51(36-90)64(103)82-40(4)58(97)86-48(23-15-27-76-66(72)73)60(99)84-46(56(71)95)21-11-13-25-68/h5-10,17-20,29-30,39-40,45-51,55,90-91H,11-16,21-28,31-36,68-70H2,1-4H3,(H2,71,95)(H,78,92)(H,79,98)(H,80,104)(H,81,93)(H,82,103)(H,83,94)(H,84,99)(H,85,96)(H,86,97)(H,87,100)(H,88,101)(H,89,102)(H4,72,73,76)(H4,74,75,77)/t39-,40-,45-,46-,47-,48-,49-,50-,51-,55-/m0/s1. The van der Waals surface area contributed by atoms with Gasteiger partial charge in [-0.3, -0.25) is 72.3 Å². The van der Waals surface area contributed by atoms with Gasteiger partial charge in [-0.25, -0.2) is 0 Å². The average molecular weight is 1460 g/mol. The predicted octanol–water partition coefficient (Wildman–Crippen LogP) is -6.91. The minimum absolute atomic E-state index is 0.0192. The highest BCUT2D eigenvalue weighted by molar-refractivity contribution is 5.99. The molecule has 0 fully saturated rings. The number of carbonyl (C=O) groups is 13. The minimum Gasteiger partial charge on any atom is -0.508 e. The number of nitrogens with one attached hydrogen (secondary N) is 12. The highest BCUT2D eigenvalue weighted by Gasteiger charge is 2.34. The van der Waals surface area contributed by atoms with Crippen molar-refractivity contribution in [3.63, 3.8) is 0 Å². The van der Waals surface area contributed by atoms with Crippen LogP contribution >= 0.6 is 0 Å². The zero-order valence-electron chi connectivity index (χ0n) is 59.1. The Morgan fingerprint density at radius 2 is 0.846 bits per heavy atom. The Labute approximate surface area is 602 Å². The number of aliphatic hydroxyl groups excluding tert-OH is 1. The molecule has 3 aromatic rings. The SMILES string of the molecule is Cc1cc(O)cc(C)c1C[C@H](N)C(=O)NCC(=O)NCC(=O)N[C@@H](Cc1ccccc1)C(=O)N[C@H](C(=O)NCC(=O)N[C@@H](C)C(=O)N[C@@H](CCCN=C(N)N)C(=O)N[C@@H](CCCCN)C(=O)N[C@@H](CO)C(=O)N[C@@H](C)C(=O)N[C@@H](CCCN=C(N)N)C(=O)N[C@@H](CCCCN)C(N)=O)c1ccccc1. The van der Waals surface area contributed by atoms with Crippen LogP contribution in [0.4, 0.5) is 0 Å². The van der Waals surface area contributed by atoms with Crippen molar-refractivity contribution in [1.82, 2.24) is 63.8 Å². The second kappa shape index (κ2) is 46.5. The van der Waals surface area contributed by atoms with Gasteiger partial charge in [0.2, 0.25) is 76.8 Å². The lowest BCUT2D eigenvalue weighted by Crippen LogP contribution is -2.60. The van der Waals surface area contributed by atoms with Crippen LogP contribution in [0, 0.1) is 13.8 Å². The number of carbonyl (C=O) groups excluding carboxylic acids is 13. The van der Waals surface area contributed by atoms with Crippen LogP contribution in [0.2, 0.25) is 0 Å². The summed E-state index contributed by atoms with van der Waals surface area (Å²) in [5, 5.41) is 50.1. The Morgan fingerprint density at radius 1 is 0.433 bits per heavy atom. The Hall–Kier alpha value is -11.1. The zero-order valence-corrected chi connectivity index (χ0v) is 59.1. The smallest absolute Gasteiger partial charge is 0.247 e. The van der Waals surface area contributed by atoms with Gasteiger partial charge in [0.1, 0.15) is 60.1 Å². The van der Waals surface area contributed by atoms with Crippen molar-refractivity contribution < 1.29 is 72.5 Å². The molecule has 0 aliphatic carbocycles. The number of aliphatic imine (C=N–C) groups is 2. The molecule has 104 heavy (non-hydrogen) atoms. The lowest BCUT2D eigenvalue weighted by Gasteiger charge is -2.26. The lowest BCUT2D eigenvalue weighted by atomic mass is 9.96. The summed E-state index contributed by atoms with van der Waals surface area (Å²) in [6, 6.07) is 5.79. The number of guanidine groups is 2. The zero-order chi connectivity index (χ0) is 77.4. The number of phenolic OH excluding ortho intramolecular Hbond substituents is 1. The number of rotatable bonds is 47. The van der Waals surface area contributed by atoms with Crippen LogP contribution in [0.3, 0.4) is 0 Å². The first kappa shape index (κ1) is 87.2. The summed E-state index contributed by atoms with van der Waals surface area (Å²) >= 11 is 0. The van der Waals surface area contributed by atoms with Crippen LogP contribution in [-0.4, -0.2) is 206 Å². The largest absolute Gasteiger partial charge is 0.508 e. The van der Waals surface area contributed by atoms with E-state index in [4.69, 9.17) is 45.9 Å². The summed E-state index contributed by atoms with van der Waals surface area (Å²) in [5.74, 6) is -11.7. The average Bonchev–Trinajstić information content (AvgIpc) is 0.853. The molecule has 0 saturated heterocycles. The van der Waals surface area contributed by atoms with Crippen LogP contribution in [-0.2, 0) is 75.2 Å². The van der Waals surface area contributed by atoms with Crippen molar-refractivity contribution >= 4 is 88.7 Å². The van der Waals surface area contributed by atoms with Gasteiger partial charge in [-0.15, -0.1) is 0 Å². The van der Waals surface area contributed by atoms with Crippen LogP contribution in [0.5, 0.6) is 5.75 Å². The summed E-state index contributed by atoms with van der Waals surface area (Å²) in [7, 11) is 0. The maximum Gasteiger partial charge on any atom is 0.247 e. The molecule has 13 amide bonds. The summed E-state index contributed by atoms with van der Waals surface area (Å²) < 4.78 is 0. The maximum atomic E-state index is 14.2. The van der Waals surface area contributed by atoms with Gasteiger partial charge in [0.05, 0.1) is 32.3 Å². The first-order valence-electron chi connectivity index (χ1n) is 34.0. The second-order valence-corrected chi connectivity index (χ2v) is 24.6. The molecule has 3 rings (SSSR count). The molecule has 0 bridgehead atoms. The predicted molar refractivity (Wildman–Crippen MR) is 384 cm³/mol. The number of unbranched alkanes of at least 4 members (excludes halogenated alkanes) is 2. The molecule has 37 nitrogen and oxygen atoms in total. The highest BCUT2D eigenvalue weighted by atomic mass is 16.3. The van der Waals surface area contributed by atoms with E-state index in [0.29, 0.717) is 31.4 Å². The van der Waals surface area contributed by atoms with E-state index in [0.717, 1.165) is 16.7 Å². The Bertz CT molecular complexity index is 3410. The van der Waals surface area contributed by atoms with Gasteiger partial charge in [-0.2, -0.15) is 0 Å². The van der Waals surface area contributed by atoms with Gasteiger partial charge in [0.25, 0.3) is 0 Å². The molecule has 572 valence electrons. The van der Waals surface area contributed by atoms with E-state index >= 15 is 0 Å². The van der Waals surface area contributed by atoms with Crippen molar-refractivity contribution in [2.75, 3.05) is 52.4 Å². The summed E-state index contributed by atoms with van der Waals surface area (Å²) in [6.07, 6.45) is 1.81. The number of hydrogen-bond acceptors (Lipinski definition) is 20. The second-order valence-electron chi connectivity index (χ2n) is 24.6. The third-order valence-corrected chi connectivity index (χ3v) is 16.0. The van der Waals surface area contributed by atoms with E-state index < -0.39 is 163 Å². The van der Waals surface area contributed by atoms with Crippen LogP contribution < -0.4 is 110 Å². The molecule has 30 N–H and O–H groups in total. The number of aromatic hydroxyl groups is 1. The van der Waals surface area contributed by atoms with E-state index in [-0.39, 0.29) is 101 Å². The molecule has 0 unspecified atom stereocenters. The van der Waals surface area contributed by atoms with E-state index in [1.165, 1.54) is 26.0 Å². The molecule has 37 heteroatoms. The Morgan fingerprint density at radius 3 is 1.35 bits per heavy atom. The Kier molecular flexibility index (Phi) is 38.9. The van der Waals surface area contributed by atoms with Crippen LogP contribution in [0.1, 0.15) is 112 Å². The molecule has 10 atom stereocenters. The summed E-state index contributed by atoms with van der Waals surface area (Å²) in [4.78, 5) is 184. The first-order chi connectivity index (χ1) is 49.4. The third kappa shape index (κ3) is 32.7. The number of phenols is 1. The number of aliphatic hydroxyl groups is 1. The van der Waals surface area contributed by atoms with Gasteiger partial charge in [0, 0.05) is 19.5 Å². The highest BCUT2D eigenvalue weighted by Crippen LogP contribution is 2.22. The van der Waals surface area contributed by atoms with Gasteiger partial charge in [0.15, 0.2) is 11.9 Å². The van der Waals surface area contributed by atoms with Crippen molar-refractivity contribution in [1.29, 1.82) is 0 Å². The maximum absolute atomic E-state index is 14.2. The molecule has 0 saturated carbocycles. The van der Waals surface area contributed by atoms with Gasteiger partial charge < -0.3 is 120 Å². The number of primary amides is 1. The van der Waals surface area contributed by atoms with Crippen molar-refractivity contribution in [2.45, 2.75) is 165 Å². The molecule has 0 spiro atoms. The minimum atomic E-state index is -1.73. The quantitative estimate of drug-likeness (QED) is 0.0142. The molecule has 3 aromatic carbocycles. The number of amides is 13. The topological polar surface area (TPSA) is 640 Å². The fourth-order valence-corrected chi connectivity index (χ4v) is 10.3. The fourth-order valence-electron chi connectivity index (χ4n) is 10.3. The van der Waals surface area contributed by atoms with Gasteiger partial charge in [-0.1, -0.05) is 60.7 Å². The summed E-state index contributed by atoms with van der Waals surface area (Å²) in [5.41, 5.74) is 47.9. The lowest BCUT2D eigenvalue weighted by molar-refractivity contribution is -0.136. The van der Waals surface area contributed by atoms with Crippen LogP contribution in [0.15, 0.2) is 82.8 Å². The molecule has 0 aliphatic rings. The molecule has 0 aliphatic heterocycles. The number of nitrogens with two attached hydrogens (primary N) is 8. The van der Waals surface area contributed by atoms with Crippen molar-refractivity contribution in [2.24, 2.45) is 55.9 Å². The van der Waals surface area contributed by atoms with E-state index in [1.807, 2.05) is 0 Å². The van der Waals surface area contributed by atoms with E-state index in [9.17, 15) is 72.5 Å². The van der Waals surface area contributed by atoms with Gasteiger partial charge in [-0.05, 0) is 151 Å². The molecule has 0 heterocycles. The molecule has 0 aromatic heterocycles. The number of aryl methyl sites for hydroxylation is 2. The fraction of sp³-hybridized carbons (Fsp3) is 0.507. The van der Waals surface area contributed by atoms with E-state index in [2.05, 4.69) is 73.8 Å². The third-order valence-electron chi connectivity index (χ3n) is 16.0. The normalized spacial score (nSPS) is 13.7. The number of hydrogen-bond donors (Lipinski definition) is 22. The number of nitrogens with zero attached hydrogens (tertiary/aromatic N) is 2. The van der Waals surface area contributed by atoms with Gasteiger partial charge >= 0.3 is 0 Å². The molecular formula is C67H104N22O15. The van der Waals surface area contributed by atoms with Crippen LogP contribution in [0.25, 0.3) is 0 Å². The number of benzene rings is 3.